The predicted octanol–water partition coefficient (Wildman–Crippen LogP) is 3.73. The highest BCUT2D eigenvalue weighted by molar-refractivity contribution is 5.86. The molecule has 2 bridgehead atoms. The van der Waals surface area contributed by atoms with Crippen molar-refractivity contribution in [3.05, 3.63) is 53.9 Å². The SMILES string of the molecule is CN(C)[C@H]1C[C@@]23CC[C@@]4(O2)C(=CC[C@]2(C)C(c5ccc6cnncc6c5)=CCC24)C2CC23[C@@H](O)[C@@H]1O. The summed E-state index contributed by atoms with van der Waals surface area (Å²) in [6, 6.07) is 6.59. The van der Waals surface area contributed by atoms with Gasteiger partial charge in [0.15, 0.2) is 0 Å². The van der Waals surface area contributed by atoms with E-state index < -0.39 is 12.2 Å². The first-order chi connectivity index (χ1) is 17.3. The van der Waals surface area contributed by atoms with E-state index in [2.05, 4.69) is 52.4 Å². The largest absolute Gasteiger partial charge is 0.390 e. The number of aliphatic hydroxyl groups excluding tert-OH is 2. The molecule has 36 heavy (non-hydrogen) atoms. The highest BCUT2D eigenvalue weighted by atomic mass is 16.5. The first kappa shape index (κ1) is 21.9. The van der Waals surface area contributed by atoms with Crippen LogP contribution < -0.4 is 0 Å². The van der Waals surface area contributed by atoms with E-state index in [0.29, 0.717) is 11.8 Å². The quantitative estimate of drug-likeness (QED) is 0.631. The number of allylic oxidation sites excluding steroid dienone is 3. The minimum Gasteiger partial charge on any atom is -0.390 e. The Bertz CT molecular complexity index is 1370. The maximum Gasteiger partial charge on any atom is 0.0961 e. The molecule has 4 fully saturated rings. The van der Waals surface area contributed by atoms with E-state index >= 15 is 0 Å². The minimum atomic E-state index is -0.730. The number of aliphatic hydroxyl groups is 2. The lowest BCUT2D eigenvalue weighted by molar-refractivity contribution is -0.248. The summed E-state index contributed by atoms with van der Waals surface area (Å²) in [6.07, 6.45) is 13.0. The second-order valence-electron chi connectivity index (χ2n) is 13.0. The highest BCUT2D eigenvalue weighted by Crippen LogP contribution is 2.81. The molecule has 0 amide bonds. The van der Waals surface area contributed by atoms with Gasteiger partial charge in [0.2, 0.25) is 0 Å². The Morgan fingerprint density at radius 3 is 2.64 bits per heavy atom. The van der Waals surface area contributed by atoms with Crippen LogP contribution in [0.5, 0.6) is 0 Å². The summed E-state index contributed by atoms with van der Waals surface area (Å²) < 4.78 is 7.44. The number of hydrogen-bond acceptors (Lipinski definition) is 6. The zero-order chi connectivity index (χ0) is 24.7. The molecule has 6 aliphatic rings. The van der Waals surface area contributed by atoms with Crippen LogP contribution in [-0.4, -0.2) is 68.9 Å². The number of fused-ring (bicyclic) bond motifs is 3. The lowest BCUT2D eigenvalue weighted by Gasteiger charge is -2.59. The fourth-order valence-electron chi connectivity index (χ4n) is 9.79. The molecule has 2 saturated heterocycles. The lowest BCUT2D eigenvalue weighted by atomic mass is 9.57. The van der Waals surface area contributed by atoms with Gasteiger partial charge in [-0.05, 0) is 81.3 Å². The lowest BCUT2D eigenvalue weighted by Crippen LogP contribution is -2.67. The predicted molar refractivity (Wildman–Crippen MR) is 137 cm³/mol. The van der Waals surface area contributed by atoms with Crippen LogP contribution in [0, 0.1) is 22.7 Å². The molecule has 1 aromatic carbocycles. The maximum atomic E-state index is 11.5. The van der Waals surface area contributed by atoms with Crippen molar-refractivity contribution in [1.29, 1.82) is 0 Å². The Labute approximate surface area is 212 Å². The number of rotatable bonds is 2. The number of ether oxygens (including phenoxy) is 1. The van der Waals surface area contributed by atoms with E-state index in [0.717, 1.165) is 49.3 Å². The van der Waals surface area contributed by atoms with Crippen LogP contribution in [0.4, 0.5) is 0 Å². The number of benzene rings is 1. The maximum absolute atomic E-state index is 11.5. The zero-order valence-corrected chi connectivity index (χ0v) is 21.3. The monoisotopic (exact) mass is 485 g/mol. The fourth-order valence-corrected chi connectivity index (χ4v) is 9.79. The third-order valence-corrected chi connectivity index (χ3v) is 11.6. The summed E-state index contributed by atoms with van der Waals surface area (Å²) >= 11 is 0. The number of likely N-dealkylation sites (N-methyl/N-ethyl adjacent to an activating group) is 1. The Hall–Kier alpha value is -2.12. The molecular formula is C30H35N3O3. The van der Waals surface area contributed by atoms with Gasteiger partial charge in [-0.3, -0.25) is 0 Å². The first-order valence-electron chi connectivity index (χ1n) is 13.6. The van der Waals surface area contributed by atoms with E-state index in [1.165, 1.54) is 16.7 Å². The third kappa shape index (κ3) is 2.30. The standard InChI is InChI=1S/C30H35N3O3/c1-27-9-8-21-22-13-29(22)26(35)25(34)23(33(2)3)14-28(29)10-11-30(21,36-28)24(27)7-6-20(27)17-4-5-18-15-31-32-16-19(18)12-17/h4-6,8,12,15-16,22-26,34-35H,7,9-11,13-14H2,1-3H3/t22?,23-,24?,25+,26-,27+,28+,29?,30+/m0/s1. The van der Waals surface area contributed by atoms with Gasteiger partial charge in [0.1, 0.15) is 0 Å². The second-order valence-corrected chi connectivity index (χ2v) is 13.0. The van der Waals surface area contributed by atoms with Crippen LogP contribution in [0.3, 0.4) is 0 Å². The molecule has 3 spiro atoms. The molecule has 6 heteroatoms. The average molecular weight is 486 g/mol. The van der Waals surface area contributed by atoms with Gasteiger partial charge < -0.3 is 19.8 Å². The molecule has 0 radical (unpaired) electrons. The highest BCUT2D eigenvalue weighted by Gasteiger charge is 2.84. The van der Waals surface area contributed by atoms with Gasteiger partial charge in [-0.15, -0.1) is 0 Å². The molecule has 3 heterocycles. The van der Waals surface area contributed by atoms with Gasteiger partial charge in [0.25, 0.3) is 0 Å². The molecule has 9 atom stereocenters. The summed E-state index contributed by atoms with van der Waals surface area (Å²) in [6.45, 7) is 2.44. The zero-order valence-electron chi connectivity index (χ0n) is 21.3. The molecule has 3 unspecified atom stereocenters. The molecule has 2 N–H and O–H groups in total. The van der Waals surface area contributed by atoms with Crippen molar-refractivity contribution in [2.24, 2.45) is 22.7 Å². The molecule has 2 aromatic rings. The van der Waals surface area contributed by atoms with Crippen molar-refractivity contribution in [3.8, 4) is 0 Å². The van der Waals surface area contributed by atoms with E-state index in [1.807, 2.05) is 26.5 Å². The summed E-state index contributed by atoms with van der Waals surface area (Å²) in [5.41, 5.74) is 3.25. The van der Waals surface area contributed by atoms with Crippen molar-refractivity contribution in [2.45, 2.75) is 74.9 Å². The van der Waals surface area contributed by atoms with E-state index in [4.69, 9.17) is 4.74 Å². The Balaban J connectivity index is 1.21. The van der Waals surface area contributed by atoms with Gasteiger partial charge in [0.05, 0.1) is 35.8 Å². The summed E-state index contributed by atoms with van der Waals surface area (Å²) in [5.74, 6) is 0.736. The molecule has 1 aromatic heterocycles. The van der Waals surface area contributed by atoms with Gasteiger partial charge >= 0.3 is 0 Å². The molecule has 188 valence electrons. The van der Waals surface area contributed by atoms with E-state index in [1.54, 1.807) is 0 Å². The molecule has 8 rings (SSSR count). The normalized spacial score (nSPS) is 48.1. The molecule has 2 aliphatic heterocycles. The number of hydrogen-bond donors (Lipinski definition) is 2. The average Bonchev–Trinajstić information content (AvgIpc) is 3.40. The Kier molecular flexibility index (Phi) is 4.05. The summed E-state index contributed by atoms with van der Waals surface area (Å²) in [5, 5.41) is 33.0. The minimum absolute atomic E-state index is 0.00576. The first-order valence-corrected chi connectivity index (χ1v) is 13.6. The Morgan fingerprint density at radius 2 is 1.83 bits per heavy atom. The fraction of sp³-hybridized carbons (Fsp3) is 0.600. The topological polar surface area (TPSA) is 78.7 Å². The number of aromatic nitrogens is 2. The molecular weight excluding hydrogens is 450 g/mol. The summed E-state index contributed by atoms with van der Waals surface area (Å²) in [4.78, 5) is 2.08. The molecule has 4 aliphatic carbocycles. The van der Waals surface area contributed by atoms with Gasteiger partial charge in [-0.1, -0.05) is 31.2 Å². The van der Waals surface area contributed by atoms with Crippen molar-refractivity contribution >= 4 is 16.3 Å². The van der Waals surface area contributed by atoms with Crippen LogP contribution >= 0.6 is 0 Å². The van der Waals surface area contributed by atoms with E-state index in [9.17, 15) is 10.2 Å². The van der Waals surface area contributed by atoms with Crippen LogP contribution in [-0.2, 0) is 4.74 Å². The number of nitrogens with zero attached hydrogens (tertiary/aromatic N) is 3. The van der Waals surface area contributed by atoms with Crippen molar-refractivity contribution in [3.63, 3.8) is 0 Å². The Morgan fingerprint density at radius 1 is 1.03 bits per heavy atom. The van der Waals surface area contributed by atoms with Crippen molar-refractivity contribution < 1.29 is 14.9 Å². The van der Waals surface area contributed by atoms with Crippen molar-refractivity contribution in [1.82, 2.24) is 15.1 Å². The van der Waals surface area contributed by atoms with Gasteiger partial charge in [-0.2, -0.15) is 10.2 Å². The van der Waals surface area contributed by atoms with Gasteiger partial charge in [0, 0.05) is 33.6 Å². The van der Waals surface area contributed by atoms with Crippen LogP contribution in [0.25, 0.3) is 16.3 Å². The smallest absolute Gasteiger partial charge is 0.0961 e. The van der Waals surface area contributed by atoms with Crippen molar-refractivity contribution in [2.75, 3.05) is 14.1 Å². The summed E-state index contributed by atoms with van der Waals surface area (Å²) in [7, 11) is 4.02. The third-order valence-electron chi connectivity index (χ3n) is 11.6. The van der Waals surface area contributed by atoms with Crippen LogP contribution in [0.2, 0.25) is 0 Å². The second kappa shape index (κ2) is 6.65. The molecule has 2 saturated carbocycles. The van der Waals surface area contributed by atoms with Crippen LogP contribution in [0.1, 0.15) is 51.0 Å². The van der Waals surface area contributed by atoms with E-state index in [-0.39, 0.29) is 28.1 Å². The molecule has 6 nitrogen and oxygen atoms in total. The van der Waals surface area contributed by atoms with Gasteiger partial charge in [-0.25, -0.2) is 0 Å². The van der Waals surface area contributed by atoms with Crippen LogP contribution in [0.15, 0.2) is 48.3 Å².